The fourth-order valence-electron chi connectivity index (χ4n) is 11.6. The van der Waals surface area contributed by atoms with Gasteiger partial charge in [0, 0.05) is 13.1 Å². The van der Waals surface area contributed by atoms with Crippen LogP contribution in [0, 0.1) is 52.3 Å². The molecule has 0 aromatic carbocycles. The number of hydrogen-bond donors (Lipinski definition) is 5. The van der Waals surface area contributed by atoms with Crippen LogP contribution in [0.4, 0.5) is 4.79 Å². The van der Waals surface area contributed by atoms with Crippen molar-refractivity contribution in [1.29, 1.82) is 0 Å². The predicted molar refractivity (Wildman–Crippen MR) is 203 cm³/mol. The van der Waals surface area contributed by atoms with Crippen LogP contribution in [0.1, 0.15) is 137 Å². The predicted octanol–water partition coefficient (Wildman–Crippen LogP) is 6.46. The summed E-state index contributed by atoms with van der Waals surface area (Å²) in [7, 11) is 0. The quantitative estimate of drug-likeness (QED) is 0.0917. The van der Waals surface area contributed by atoms with Crippen LogP contribution in [0.15, 0.2) is 0 Å². The van der Waals surface area contributed by atoms with Gasteiger partial charge >= 0.3 is 6.09 Å². The second-order valence-electron chi connectivity index (χ2n) is 17.9. The molecule has 9 nitrogen and oxygen atoms in total. The van der Waals surface area contributed by atoms with Gasteiger partial charge in [-0.15, -0.1) is 0 Å². The number of hydrogen-bond acceptors (Lipinski definition) is 7. The van der Waals surface area contributed by atoms with Crippen molar-refractivity contribution >= 4 is 12.0 Å². The monoisotopic (exact) mass is 704 g/mol. The Hall–Kier alpha value is -1.42. The number of carbonyl (C=O) groups is 2. The standard InChI is InChI=1S/C41H77N5O4/c1-29(2)11-8-12-30(3)34-15-16-35-33-14-13-31-27-32(17-19-40(31,4)36(33)18-20-41(34,35)5)50-39(49)45-37(28-47)38(48)46(26-10-22-43)25-7-6-23-44-24-9-21-42/h29-37,44,47H,6-28,42-43H2,1-5H3,(H,45,49). The van der Waals surface area contributed by atoms with Gasteiger partial charge < -0.3 is 36.8 Å². The number of nitrogens with one attached hydrogen (secondary N) is 2. The number of ether oxygens (including phenoxy) is 1. The Bertz CT molecular complexity index is 1040. The van der Waals surface area contributed by atoms with Gasteiger partial charge in [0.15, 0.2) is 0 Å². The second kappa shape index (κ2) is 19.6. The summed E-state index contributed by atoms with van der Waals surface area (Å²) in [6.45, 7) is 16.0. The lowest BCUT2D eigenvalue weighted by atomic mass is 9.44. The molecule has 0 bridgehead atoms. The Kier molecular flexibility index (Phi) is 16.2. The highest BCUT2D eigenvalue weighted by Crippen LogP contribution is 2.68. The third-order valence-corrected chi connectivity index (χ3v) is 14.4. The van der Waals surface area contributed by atoms with E-state index in [2.05, 4.69) is 45.3 Å². The molecule has 4 fully saturated rings. The van der Waals surface area contributed by atoms with Gasteiger partial charge in [0.1, 0.15) is 12.1 Å². The number of carbonyl (C=O) groups excluding carboxylic acids is 2. The fraction of sp³-hybridized carbons (Fsp3) is 0.951. The molecule has 0 aromatic heterocycles. The molecule has 9 heteroatoms. The number of fused-ring (bicyclic) bond motifs is 5. The van der Waals surface area contributed by atoms with Crippen molar-refractivity contribution in [1.82, 2.24) is 15.5 Å². The first-order valence-corrected chi connectivity index (χ1v) is 21.0. The van der Waals surface area contributed by atoms with Crippen LogP contribution in [0.25, 0.3) is 0 Å². The molecule has 0 radical (unpaired) electrons. The van der Waals surface area contributed by atoms with E-state index in [0.717, 1.165) is 87.1 Å². The molecular formula is C41H77N5O4. The lowest BCUT2D eigenvalue weighted by Crippen LogP contribution is -2.55. The molecule has 7 N–H and O–H groups in total. The van der Waals surface area contributed by atoms with Crippen LogP contribution < -0.4 is 22.1 Å². The Morgan fingerprint density at radius 1 is 0.840 bits per heavy atom. The topological polar surface area (TPSA) is 143 Å². The van der Waals surface area contributed by atoms with E-state index in [4.69, 9.17) is 16.2 Å². The van der Waals surface area contributed by atoms with E-state index in [1.807, 2.05) is 0 Å². The SMILES string of the molecule is CC(C)CCCC(C)C1CCC2C3CCC4CC(OC(=O)NC(CO)C(=O)N(CCCN)CCCCNCCCN)CCC4(C)C3CCC12C. The normalized spacial score (nSPS) is 33.2. The van der Waals surface area contributed by atoms with E-state index >= 15 is 0 Å². The number of aliphatic hydroxyl groups excluding tert-OH is 1. The van der Waals surface area contributed by atoms with E-state index in [1.165, 1.54) is 57.8 Å². The Morgan fingerprint density at radius 3 is 2.26 bits per heavy atom. The third-order valence-electron chi connectivity index (χ3n) is 14.4. The molecule has 4 aliphatic carbocycles. The minimum absolute atomic E-state index is 0.143. The number of nitrogens with two attached hydrogens (primary N) is 2. The minimum atomic E-state index is -1.02. The van der Waals surface area contributed by atoms with Crippen LogP contribution in [0.3, 0.4) is 0 Å². The molecule has 0 spiro atoms. The highest BCUT2D eigenvalue weighted by atomic mass is 16.6. The number of aliphatic hydroxyl groups is 1. The lowest BCUT2D eigenvalue weighted by molar-refractivity contribution is -0.135. The largest absolute Gasteiger partial charge is 0.446 e. The van der Waals surface area contributed by atoms with E-state index < -0.39 is 18.7 Å². The smallest absolute Gasteiger partial charge is 0.408 e. The Balaban J connectivity index is 1.27. The third kappa shape index (κ3) is 10.2. The van der Waals surface area contributed by atoms with Crippen molar-refractivity contribution in [2.24, 2.45) is 63.7 Å². The molecule has 0 saturated heterocycles. The van der Waals surface area contributed by atoms with Crippen molar-refractivity contribution in [3.05, 3.63) is 0 Å². The highest BCUT2D eigenvalue weighted by molar-refractivity contribution is 5.85. The van der Waals surface area contributed by atoms with Crippen LogP contribution in [-0.2, 0) is 9.53 Å². The molecule has 10 unspecified atom stereocenters. The van der Waals surface area contributed by atoms with E-state index in [-0.39, 0.29) is 12.0 Å². The summed E-state index contributed by atoms with van der Waals surface area (Å²) in [5.41, 5.74) is 12.1. The van der Waals surface area contributed by atoms with Crippen molar-refractivity contribution < 1.29 is 19.4 Å². The summed E-state index contributed by atoms with van der Waals surface area (Å²) < 4.78 is 6.01. The van der Waals surface area contributed by atoms with Crippen molar-refractivity contribution in [3.8, 4) is 0 Å². The number of nitrogens with zero attached hydrogens (tertiary/aromatic N) is 1. The van der Waals surface area contributed by atoms with Gasteiger partial charge in [-0.05, 0) is 162 Å². The maximum atomic E-state index is 13.4. The average molecular weight is 704 g/mol. The van der Waals surface area contributed by atoms with Crippen LogP contribution in [-0.4, -0.2) is 80.0 Å². The summed E-state index contributed by atoms with van der Waals surface area (Å²) in [6, 6.07) is -1.02. The maximum Gasteiger partial charge on any atom is 0.408 e. The summed E-state index contributed by atoms with van der Waals surface area (Å²) in [4.78, 5) is 28.3. The van der Waals surface area contributed by atoms with Crippen molar-refractivity contribution in [3.63, 3.8) is 0 Å². The number of amides is 2. The molecule has 2 amide bonds. The number of unbranched alkanes of at least 4 members (excludes halogenated alkanes) is 1. The lowest BCUT2D eigenvalue weighted by Gasteiger charge is -2.61. The molecule has 4 rings (SSSR count). The zero-order valence-electron chi connectivity index (χ0n) is 32.7. The molecular weight excluding hydrogens is 626 g/mol. The van der Waals surface area contributed by atoms with Crippen molar-refractivity contribution in [2.45, 2.75) is 149 Å². The van der Waals surface area contributed by atoms with Gasteiger partial charge in [0.2, 0.25) is 5.91 Å². The first kappa shape index (κ1) is 41.3. The molecule has 4 aliphatic rings. The first-order chi connectivity index (χ1) is 24.0. The highest BCUT2D eigenvalue weighted by Gasteiger charge is 2.60. The van der Waals surface area contributed by atoms with Gasteiger partial charge in [-0.25, -0.2) is 4.79 Å². The summed E-state index contributed by atoms with van der Waals surface area (Å²) >= 11 is 0. The maximum absolute atomic E-state index is 13.4. The second-order valence-corrected chi connectivity index (χ2v) is 17.9. The van der Waals surface area contributed by atoms with Crippen LogP contribution in [0.2, 0.25) is 0 Å². The molecule has 10 atom stereocenters. The van der Waals surface area contributed by atoms with Gasteiger partial charge in [-0.2, -0.15) is 0 Å². The molecule has 290 valence electrons. The van der Waals surface area contributed by atoms with Gasteiger partial charge in [0.25, 0.3) is 0 Å². The Labute approximate surface area is 305 Å². The molecule has 0 heterocycles. The molecule has 0 aliphatic heterocycles. The van der Waals surface area contributed by atoms with E-state index in [9.17, 15) is 14.7 Å². The van der Waals surface area contributed by atoms with Crippen molar-refractivity contribution in [2.75, 3.05) is 45.9 Å². The number of alkyl carbamates (subject to hydrolysis) is 1. The summed E-state index contributed by atoms with van der Waals surface area (Å²) in [6.07, 6.45) is 17.8. The van der Waals surface area contributed by atoms with Gasteiger partial charge in [-0.1, -0.05) is 53.9 Å². The van der Waals surface area contributed by atoms with E-state index in [0.29, 0.717) is 49.3 Å². The average Bonchev–Trinajstić information content (AvgIpc) is 3.45. The van der Waals surface area contributed by atoms with Crippen LogP contribution >= 0.6 is 0 Å². The van der Waals surface area contributed by atoms with Gasteiger partial charge in [-0.3, -0.25) is 4.79 Å². The summed E-state index contributed by atoms with van der Waals surface area (Å²) in [5, 5.41) is 16.2. The summed E-state index contributed by atoms with van der Waals surface area (Å²) in [5.74, 6) is 5.30. The first-order valence-electron chi connectivity index (χ1n) is 21.0. The fourth-order valence-corrected chi connectivity index (χ4v) is 11.6. The molecule has 4 saturated carbocycles. The minimum Gasteiger partial charge on any atom is -0.446 e. The zero-order chi connectivity index (χ0) is 36.3. The zero-order valence-corrected chi connectivity index (χ0v) is 32.7. The molecule has 50 heavy (non-hydrogen) atoms. The van der Waals surface area contributed by atoms with E-state index in [1.54, 1.807) is 4.90 Å². The molecule has 0 aromatic rings. The number of rotatable bonds is 20. The Morgan fingerprint density at radius 2 is 1.54 bits per heavy atom. The van der Waals surface area contributed by atoms with Crippen LogP contribution in [0.5, 0.6) is 0 Å². The van der Waals surface area contributed by atoms with Gasteiger partial charge in [0.05, 0.1) is 6.61 Å².